The van der Waals surface area contributed by atoms with Crippen LogP contribution in [0.25, 0.3) is 0 Å². The summed E-state index contributed by atoms with van der Waals surface area (Å²) < 4.78 is 10.6. The van der Waals surface area contributed by atoms with E-state index >= 15 is 0 Å². The molecule has 0 spiro atoms. The molecule has 0 fully saturated rings. The first-order chi connectivity index (χ1) is 9.87. The lowest BCUT2D eigenvalue weighted by atomic mass is 10.5. The summed E-state index contributed by atoms with van der Waals surface area (Å²) in [7, 11) is 2.19. The molecule has 1 aromatic heterocycles. The third kappa shape index (κ3) is 3.27. The van der Waals surface area contributed by atoms with Gasteiger partial charge in [-0.25, -0.2) is 28.1 Å². The maximum absolute atomic E-state index is 12.1. The van der Waals surface area contributed by atoms with Gasteiger partial charge in [0.2, 0.25) is 0 Å². The second-order valence-corrected chi connectivity index (χ2v) is 3.92. The van der Waals surface area contributed by atoms with Gasteiger partial charge in [-0.05, 0) is 6.92 Å². The summed E-state index contributed by atoms with van der Waals surface area (Å²) >= 11 is 0. The SMILES string of the molecule is CCn1c(=O)n(CC(=O)OC)c(=O)n(CC(=O)OC)c1=O. The molecule has 0 atom stereocenters. The molecule has 0 aliphatic heterocycles. The number of nitrogens with zero attached hydrogens (tertiary/aromatic N) is 3. The average Bonchev–Trinajstić information content (AvgIpc) is 2.47. The van der Waals surface area contributed by atoms with Crippen LogP contribution in [0.1, 0.15) is 6.92 Å². The summed E-state index contributed by atoms with van der Waals surface area (Å²) in [4.78, 5) is 58.6. The second-order valence-electron chi connectivity index (χ2n) is 3.92. The standard InChI is InChI=1S/C11H15N3O7/c1-4-12-9(17)13(5-7(15)20-2)11(19)14(10(12)18)6-8(16)21-3/h4-6H2,1-3H3. The van der Waals surface area contributed by atoms with Gasteiger partial charge in [0.05, 0.1) is 14.2 Å². The molecule has 10 heteroatoms. The second kappa shape index (κ2) is 6.68. The van der Waals surface area contributed by atoms with E-state index in [9.17, 15) is 24.0 Å². The van der Waals surface area contributed by atoms with Gasteiger partial charge in [-0.2, -0.15) is 0 Å². The Morgan fingerprint density at radius 2 is 1.14 bits per heavy atom. The number of carbonyl (C=O) groups excluding carboxylic acids is 2. The zero-order chi connectivity index (χ0) is 16.2. The number of aromatic nitrogens is 3. The van der Waals surface area contributed by atoms with Crippen molar-refractivity contribution in [3.8, 4) is 0 Å². The van der Waals surface area contributed by atoms with E-state index in [1.165, 1.54) is 6.92 Å². The summed E-state index contributed by atoms with van der Waals surface area (Å²) in [5.41, 5.74) is -2.97. The Hall–Kier alpha value is -2.65. The molecule has 21 heavy (non-hydrogen) atoms. The Kier molecular flexibility index (Phi) is 5.22. The van der Waals surface area contributed by atoms with E-state index in [-0.39, 0.29) is 6.54 Å². The fourth-order valence-corrected chi connectivity index (χ4v) is 1.61. The van der Waals surface area contributed by atoms with E-state index in [2.05, 4.69) is 9.47 Å². The number of rotatable bonds is 5. The Bertz CT molecular complexity index is 669. The maximum atomic E-state index is 12.1. The van der Waals surface area contributed by atoms with Gasteiger partial charge in [-0.1, -0.05) is 0 Å². The fraction of sp³-hybridized carbons (Fsp3) is 0.545. The van der Waals surface area contributed by atoms with E-state index in [4.69, 9.17) is 0 Å². The highest BCUT2D eigenvalue weighted by molar-refractivity contribution is 5.69. The number of esters is 2. The van der Waals surface area contributed by atoms with Gasteiger partial charge in [-0.15, -0.1) is 0 Å². The van der Waals surface area contributed by atoms with Crippen molar-refractivity contribution in [2.75, 3.05) is 14.2 Å². The summed E-state index contributed by atoms with van der Waals surface area (Å²) in [6.07, 6.45) is 0. The van der Waals surface area contributed by atoms with E-state index in [1.807, 2.05) is 0 Å². The molecule has 1 aromatic rings. The minimum atomic E-state index is -1.08. The normalized spacial score (nSPS) is 10.2. The van der Waals surface area contributed by atoms with Crippen molar-refractivity contribution in [3.05, 3.63) is 31.5 Å². The van der Waals surface area contributed by atoms with Crippen LogP contribution in [0.4, 0.5) is 0 Å². The fourth-order valence-electron chi connectivity index (χ4n) is 1.61. The van der Waals surface area contributed by atoms with Crippen molar-refractivity contribution in [2.24, 2.45) is 0 Å². The zero-order valence-corrected chi connectivity index (χ0v) is 11.8. The summed E-state index contributed by atoms with van der Waals surface area (Å²) in [5.74, 6) is -1.67. The van der Waals surface area contributed by atoms with E-state index in [0.717, 1.165) is 18.8 Å². The molecule has 0 aromatic carbocycles. The molecule has 0 unspecified atom stereocenters. The van der Waals surface area contributed by atoms with Gasteiger partial charge in [0, 0.05) is 6.54 Å². The quantitative estimate of drug-likeness (QED) is 0.553. The Morgan fingerprint density at radius 3 is 1.43 bits per heavy atom. The largest absolute Gasteiger partial charge is 0.468 e. The van der Waals surface area contributed by atoms with Crippen molar-refractivity contribution in [1.29, 1.82) is 0 Å². The topological polar surface area (TPSA) is 119 Å². The van der Waals surface area contributed by atoms with Gasteiger partial charge in [0.15, 0.2) is 0 Å². The minimum Gasteiger partial charge on any atom is -0.468 e. The summed E-state index contributed by atoms with van der Waals surface area (Å²) in [6.45, 7) is 0.170. The summed E-state index contributed by atoms with van der Waals surface area (Å²) in [5, 5.41) is 0. The first-order valence-corrected chi connectivity index (χ1v) is 5.95. The molecule has 1 rings (SSSR count). The number of methoxy groups -OCH3 is 2. The predicted octanol–water partition coefficient (Wildman–Crippen LogP) is -2.46. The molecule has 10 nitrogen and oxygen atoms in total. The highest BCUT2D eigenvalue weighted by Gasteiger charge is 2.18. The van der Waals surface area contributed by atoms with Crippen LogP contribution in [0, 0.1) is 0 Å². The maximum Gasteiger partial charge on any atom is 0.337 e. The Morgan fingerprint density at radius 1 is 0.810 bits per heavy atom. The van der Waals surface area contributed by atoms with Crippen LogP contribution in [0.15, 0.2) is 14.4 Å². The van der Waals surface area contributed by atoms with Crippen molar-refractivity contribution in [3.63, 3.8) is 0 Å². The Labute approximate surface area is 118 Å². The first kappa shape index (κ1) is 16.4. The molecule has 0 saturated heterocycles. The molecule has 0 saturated carbocycles. The Balaban J connectivity index is 3.59. The van der Waals surface area contributed by atoms with Crippen LogP contribution in [0.5, 0.6) is 0 Å². The van der Waals surface area contributed by atoms with Crippen molar-refractivity contribution < 1.29 is 19.1 Å². The number of hydrogen-bond acceptors (Lipinski definition) is 7. The van der Waals surface area contributed by atoms with Crippen LogP contribution >= 0.6 is 0 Å². The van der Waals surface area contributed by atoms with Crippen LogP contribution in [0.2, 0.25) is 0 Å². The van der Waals surface area contributed by atoms with Crippen LogP contribution in [-0.4, -0.2) is 39.9 Å². The van der Waals surface area contributed by atoms with Crippen LogP contribution < -0.4 is 17.1 Å². The molecule has 0 bridgehead atoms. The van der Waals surface area contributed by atoms with Crippen LogP contribution in [-0.2, 0) is 38.7 Å². The lowest BCUT2D eigenvalue weighted by molar-refractivity contribution is -0.141. The molecule has 0 aliphatic rings. The third-order valence-electron chi connectivity index (χ3n) is 2.73. The molecule has 0 aliphatic carbocycles. The molecule has 116 valence electrons. The smallest absolute Gasteiger partial charge is 0.337 e. The number of hydrogen-bond donors (Lipinski definition) is 0. The molecule has 1 heterocycles. The van der Waals surface area contributed by atoms with Crippen molar-refractivity contribution in [1.82, 2.24) is 13.7 Å². The van der Waals surface area contributed by atoms with Crippen LogP contribution in [0.3, 0.4) is 0 Å². The molecule has 0 radical (unpaired) electrons. The van der Waals surface area contributed by atoms with Gasteiger partial charge in [-0.3, -0.25) is 9.59 Å². The molecular formula is C11H15N3O7. The monoisotopic (exact) mass is 301 g/mol. The van der Waals surface area contributed by atoms with E-state index < -0.39 is 42.1 Å². The first-order valence-electron chi connectivity index (χ1n) is 5.95. The molecule has 0 N–H and O–H groups in total. The van der Waals surface area contributed by atoms with Crippen molar-refractivity contribution in [2.45, 2.75) is 26.6 Å². The highest BCUT2D eigenvalue weighted by atomic mass is 16.5. The molecular weight excluding hydrogens is 286 g/mol. The lowest BCUT2D eigenvalue weighted by Crippen LogP contribution is -2.55. The third-order valence-corrected chi connectivity index (χ3v) is 2.73. The highest BCUT2D eigenvalue weighted by Crippen LogP contribution is 1.82. The number of ether oxygens (including phenoxy) is 2. The van der Waals surface area contributed by atoms with Gasteiger partial charge < -0.3 is 9.47 Å². The predicted molar refractivity (Wildman–Crippen MR) is 68.9 cm³/mol. The number of carbonyl (C=O) groups is 2. The van der Waals surface area contributed by atoms with E-state index in [1.54, 1.807) is 0 Å². The zero-order valence-electron chi connectivity index (χ0n) is 11.8. The van der Waals surface area contributed by atoms with Gasteiger partial charge in [0.1, 0.15) is 13.1 Å². The average molecular weight is 301 g/mol. The van der Waals surface area contributed by atoms with Crippen molar-refractivity contribution >= 4 is 11.9 Å². The van der Waals surface area contributed by atoms with Gasteiger partial charge in [0.25, 0.3) is 0 Å². The molecule has 0 amide bonds. The van der Waals surface area contributed by atoms with E-state index in [0.29, 0.717) is 9.13 Å². The minimum absolute atomic E-state index is 0.0275. The lowest BCUT2D eigenvalue weighted by Gasteiger charge is -2.11. The van der Waals surface area contributed by atoms with Gasteiger partial charge >= 0.3 is 29.0 Å². The summed E-state index contributed by atoms with van der Waals surface area (Å²) in [6, 6.07) is 0.